The van der Waals surface area contributed by atoms with Crippen LogP contribution >= 0.6 is 0 Å². The molecular formula is C29H21N3O7. The molecule has 2 amide bonds. The van der Waals surface area contributed by atoms with Crippen LogP contribution in [0.2, 0.25) is 0 Å². The van der Waals surface area contributed by atoms with Gasteiger partial charge in [0.15, 0.2) is 0 Å². The number of benzene rings is 3. The summed E-state index contributed by atoms with van der Waals surface area (Å²) >= 11 is 0. The van der Waals surface area contributed by atoms with E-state index < -0.39 is 35.4 Å². The van der Waals surface area contributed by atoms with E-state index >= 15 is 0 Å². The van der Waals surface area contributed by atoms with Gasteiger partial charge in [0.1, 0.15) is 28.7 Å². The highest BCUT2D eigenvalue weighted by molar-refractivity contribution is 6.22. The summed E-state index contributed by atoms with van der Waals surface area (Å²) in [6.45, 7) is -0.531. The highest BCUT2D eigenvalue weighted by atomic mass is 16.5. The molecule has 1 aliphatic rings. The predicted molar refractivity (Wildman–Crippen MR) is 141 cm³/mol. The maximum atomic E-state index is 12.6. The molecule has 2 heterocycles. The van der Waals surface area contributed by atoms with Gasteiger partial charge in [-0.25, -0.2) is 4.79 Å². The van der Waals surface area contributed by atoms with Crippen LogP contribution in [0.5, 0.6) is 11.5 Å². The van der Waals surface area contributed by atoms with Crippen LogP contribution in [0.15, 0.2) is 82.4 Å². The number of nitrogens with one attached hydrogen (secondary N) is 2. The first-order valence-corrected chi connectivity index (χ1v) is 11.8. The molecule has 0 spiro atoms. The highest BCUT2D eigenvalue weighted by Gasteiger charge is 2.36. The second-order valence-electron chi connectivity index (χ2n) is 8.58. The number of aromatic nitrogens is 2. The van der Waals surface area contributed by atoms with Crippen LogP contribution < -0.4 is 31.3 Å². The molecule has 1 aliphatic heterocycles. The topological polar surface area (TPSA) is 139 Å². The van der Waals surface area contributed by atoms with Gasteiger partial charge >= 0.3 is 5.97 Å². The Labute approximate surface area is 220 Å². The molecule has 0 saturated carbocycles. The van der Waals surface area contributed by atoms with E-state index in [1.807, 2.05) is 0 Å². The minimum absolute atomic E-state index is 0.0438. The Morgan fingerprint density at radius 1 is 0.718 bits per heavy atom. The van der Waals surface area contributed by atoms with Crippen molar-refractivity contribution in [3.05, 3.63) is 126 Å². The molecule has 4 aromatic rings. The lowest BCUT2D eigenvalue weighted by molar-refractivity contribution is -0.134. The largest absolute Gasteiger partial charge is 0.497 e. The predicted octanol–water partition coefficient (Wildman–Crippen LogP) is 0.931. The van der Waals surface area contributed by atoms with Gasteiger partial charge in [0.25, 0.3) is 22.9 Å². The van der Waals surface area contributed by atoms with Crippen LogP contribution in [0.3, 0.4) is 0 Å². The first-order chi connectivity index (χ1) is 18.8. The number of fused-ring (bicyclic) bond motifs is 1. The zero-order chi connectivity index (χ0) is 27.5. The first-order valence-electron chi connectivity index (χ1n) is 11.8. The molecule has 0 radical (unpaired) electrons. The van der Waals surface area contributed by atoms with E-state index in [9.17, 15) is 24.0 Å². The Hall–Kier alpha value is -5.51. The number of carbonyl (C=O) groups is 3. The molecule has 2 N–H and O–H groups in total. The lowest BCUT2D eigenvalue weighted by Crippen LogP contribution is -2.46. The molecule has 1 aromatic heterocycles. The summed E-state index contributed by atoms with van der Waals surface area (Å²) in [7, 11) is 1.55. The Bertz CT molecular complexity index is 1800. The molecule has 0 fully saturated rings. The zero-order valence-electron chi connectivity index (χ0n) is 20.6. The summed E-state index contributed by atoms with van der Waals surface area (Å²) in [5.74, 6) is -1.04. The van der Waals surface area contributed by atoms with Gasteiger partial charge in [0.05, 0.1) is 18.2 Å². The number of methoxy groups -OCH3 is 1. The maximum absolute atomic E-state index is 12.6. The van der Waals surface area contributed by atoms with Gasteiger partial charge in [0, 0.05) is 0 Å². The van der Waals surface area contributed by atoms with E-state index in [1.54, 1.807) is 61.7 Å². The molecule has 10 nitrogen and oxygen atoms in total. The summed E-state index contributed by atoms with van der Waals surface area (Å²) in [6, 6.07) is 19.5. The molecule has 0 atom stereocenters. The van der Waals surface area contributed by atoms with E-state index in [4.69, 9.17) is 9.47 Å². The molecule has 5 rings (SSSR count). The van der Waals surface area contributed by atoms with E-state index in [0.29, 0.717) is 16.9 Å². The minimum Gasteiger partial charge on any atom is -0.497 e. The number of imide groups is 1. The summed E-state index contributed by atoms with van der Waals surface area (Å²) < 4.78 is 10.4. The smallest absolute Gasteiger partial charge is 0.331 e. The van der Waals surface area contributed by atoms with E-state index in [2.05, 4.69) is 9.97 Å². The number of carbonyl (C=O) groups excluding carboxylic acids is 3. The van der Waals surface area contributed by atoms with Gasteiger partial charge < -0.3 is 19.4 Å². The van der Waals surface area contributed by atoms with Crippen LogP contribution in [0, 0.1) is 0 Å². The fraction of sp³-hybridized carbons (Fsp3) is 0.0690. The standard InChI is InChI=1S/C29H21N3O7/c1-38-19-10-6-17(7-11-19)14-23-26(34)31-24(27(35)30-23)15-18-8-12-20(13-9-18)39-25(33)16-32-28(36)21-4-2-3-5-22(21)29(32)37/h2-15H,16H2,1H3,(H,30,35)(H,31,34)/b23-14-,24-15-. The second kappa shape index (κ2) is 10.5. The minimum atomic E-state index is -0.786. The zero-order valence-corrected chi connectivity index (χ0v) is 20.6. The van der Waals surface area contributed by atoms with Crippen LogP contribution in [-0.2, 0) is 4.79 Å². The van der Waals surface area contributed by atoms with Crippen molar-refractivity contribution in [3.63, 3.8) is 0 Å². The van der Waals surface area contributed by atoms with E-state index in [-0.39, 0.29) is 27.6 Å². The third kappa shape index (κ3) is 5.30. The van der Waals surface area contributed by atoms with Crippen molar-refractivity contribution in [2.75, 3.05) is 13.7 Å². The van der Waals surface area contributed by atoms with E-state index in [0.717, 1.165) is 4.90 Å². The fourth-order valence-corrected chi connectivity index (χ4v) is 4.04. The monoisotopic (exact) mass is 523 g/mol. The highest BCUT2D eigenvalue weighted by Crippen LogP contribution is 2.22. The van der Waals surface area contributed by atoms with Gasteiger partial charge in [-0.05, 0) is 59.7 Å². The fourth-order valence-electron chi connectivity index (χ4n) is 4.04. The molecule has 0 unspecified atom stereocenters. The quantitative estimate of drug-likeness (QED) is 0.218. The first kappa shape index (κ1) is 25.2. The summed E-state index contributed by atoms with van der Waals surface area (Å²) in [5, 5.41) is 0.143. The van der Waals surface area contributed by atoms with Gasteiger partial charge in [-0.15, -0.1) is 0 Å². The Kier molecular flexibility index (Phi) is 6.75. The van der Waals surface area contributed by atoms with Gasteiger partial charge in [0.2, 0.25) is 0 Å². The van der Waals surface area contributed by atoms with Crippen LogP contribution in [-0.4, -0.2) is 46.3 Å². The number of amides is 2. The van der Waals surface area contributed by atoms with Crippen molar-refractivity contribution < 1.29 is 23.9 Å². The molecule has 3 aromatic carbocycles. The molecular weight excluding hydrogens is 502 g/mol. The average molecular weight is 524 g/mol. The van der Waals surface area contributed by atoms with Crippen molar-refractivity contribution >= 4 is 29.9 Å². The maximum Gasteiger partial charge on any atom is 0.331 e. The Morgan fingerprint density at radius 2 is 1.18 bits per heavy atom. The molecule has 39 heavy (non-hydrogen) atoms. The summed E-state index contributed by atoms with van der Waals surface area (Å²) in [5.41, 5.74) is 0.788. The lowest BCUT2D eigenvalue weighted by atomic mass is 10.1. The number of aromatic amines is 2. The molecule has 0 saturated heterocycles. The lowest BCUT2D eigenvalue weighted by Gasteiger charge is -2.12. The SMILES string of the molecule is COc1ccc(/C=c2\[nH]c(=O)/c(=C/c3ccc(OC(=O)CN4C(=O)c5ccccc5C4=O)cc3)[nH]c2=O)cc1. The van der Waals surface area contributed by atoms with Crippen molar-refractivity contribution in [1.82, 2.24) is 14.9 Å². The number of hydrogen-bond donors (Lipinski definition) is 2. The average Bonchev–Trinajstić information content (AvgIpc) is 3.17. The molecule has 194 valence electrons. The summed E-state index contributed by atoms with van der Waals surface area (Å²) in [4.78, 5) is 68.4. The number of ether oxygens (including phenoxy) is 2. The van der Waals surface area contributed by atoms with Crippen molar-refractivity contribution in [1.29, 1.82) is 0 Å². The van der Waals surface area contributed by atoms with Crippen LogP contribution in [0.1, 0.15) is 31.8 Å². The number of esters is 1. The third-order valence-electron chi connectivity index (χ3n) is 6.00. The van der Waals surface area contributed by atoms with Gasteiger partial charge in [-0.3, -0.25) is 24.1 Å². The van der Waals surface area contributed by atoms with Crippen LogP contribution in [0.25, 0.3) is 12.2 Å². The number of rotatable bonds is 6. The summed E-state index contributed by atoms with van der Waals surface area (Å²) in [6.07, 6.45) is 3.02. The molecule has 0 bridgehead atoms. The molecule has 10 heteroatoms. The number of nitrogens with zero attached hydrogens (tertiary/aromatic N) is 1. The second-order valence-corrected chi connectivity index (χ2v) is 8.58. The number of H-pyrrole nitrogens is 2. The Balaban J connectivity index is 1.29. The van der Waals surface area contributed by atoms with Crippen LogP contribution in [0.4, 0.5) is 0 Å². The normalized spacial score (nSPS) is 13.5. The van der Waals surface area contributed by atoms with Crippen molar-refractivity contribution in [2.24, 2.45) is 0 Å². The van der Waals surface area contributed by atoms with Gasteiger partial charge in [-0.2, -0.15) is 0 Å². The van der Waals surface area contributed by atoms with E-state index in [1.165, 1.54) is 30.3 Å². The Morgan fingerprint density at radius 3 is 1.64 bits per heavy atom. The number of hydrogen-bond acceptors (Lipinski definition) is 7. The molecule has 0 aliphatic carbocycles. The van der Waals surface area contributed by atoms with Gasteiger partial charge in [-0.1, -0.05) is 36.4 Å². The van der Waals surface area contributed by atoms with Crippen molar-refractivity contribution in [3.8, 4) is 11.5 Å². The van der Waals surface area contributed by atoms with Crippen molar-refractivity contribution in [2.45, 2.75) is 0 Å². The third-order valence-corrected chi connectivity index (χ3v) is 6.00.